The van der Waals surface area contributed by atoms with Crippen LogP contribution in [0.25, 0.3) is 17.1 Å². The number of hydrazone groups is 1. The average Bonchev–Trinajstić information content (AvgIpc) is 3.43. The smallest absolute Gasteiger partial charge is 0.338 e. The van der Waals surface area contributed by atoms with Crippen LogP contribution < -0.4 is 5.43 Å². The van der Waals surface area contributed by atoms with Crippen LogP contribution in [0, 0.1) is 13.8 Å². The number of rotatable bonds is 8. The first-order chi connectivity index (χ1) is 17.0. The number of aromatic nitrogens is 5. The molecule has 0 bridgehead atoms. The van der Waals surface area contributed by atoms with Gasteiger partial charge in [-0.1, -0.05) is 30.3 Å². The molecule has 0 atom stereocenters. The first kappa shape index (κ1) is 23.6. The van der Waals surface area contributed by atoms with Crippen molar-refractivity contribution in [2.45, 2.75) is 27.3 Å². The lowest BCUT2D eigenvalue weighted by molar-refractivity contribution is -0.122. The molecule has 4 aromatic rings. The minimum absolute atomic E-state index is 0.108. The number of hydrogen-bond acceptors (Lipinski definition) is 7. The minimum Gasteiger partial charge on any atom is -0.462 e. The zero-order chi connectivity index (χ0) is 24.8. The summed E-state index contributed by atoms with van der Waals surface area (Å²) in [6.45, 7) is 5.93. The number of amides is 1. The quantitative estimate of drug-likeness (QED) is 0.240. The van der Waals surface area contributed by atoms with Crippen molar-refractivity contribution in [2.75, 3.05) is 6.61 Å². The Morgan fingerprint density at radius 2 is 1.83 bits per heavy atom. The third kappa shape index (κ3) is 5.49. The summed E-state index contributed by atoms with van der Waals surface area (Å²) in [5, 5.41) is 16.2. The van der Waals surface area contributed by atoms with Gasteiger partial charge in [-0.3, -0.25) is 4.79 Å². The molecular weight excluding hydrogens is 446 g/mol. The molecule has 10 nitrogen and oxygen atoms in total. The van der Waals surface area contributed by atoms with Gasteiger partial charge in [0.2, 0.25) is 5.82 Å². The monoisotopic (exact) mass is 471 g/mol. The average molecular weight is 472 g/mol. The van der Waals surface area contributed by atoms with Gasteiger partial charge >= 0.3 is 5.97 Å². The minimum atomic E-state index is -0.373. The van der Waals surface area contributed by atoms with Crippen LogP contribution in [-0.4, -0.2) is 49.5 Å². The lowest BCUT2D eigenvalue weighted by Gasteiger charge is -2.10. The third-order valence-electron chi connectivity index (χ3n) is 5.27. The van der Waals surface area contributed by atoms with Crippen LogP contribution in [0.4, 0.5) is 0 Å². The normalized spacial score (nSPS) is 11.1. The lowest BCUT2D eigenvalue weighted by Crippen LogP contribution is -2.24. The number of carbonyl (C=O) groups is 2. The molecule has 0 aliphatic rings. The van der Waals surface area contributed by atoms with E-state index in [-0.39, 0.29) is 18.4 Å². The van der Waals surface area contributed by atoms with Gasteiger partial charge in [-0.05, 0) is 56.3 Å². The zero-order valence-corrected chi connectivity index (χ0v) is 19.7. The van der Waals surface area contributed by atoms with Crippen LogP contribution in [-0.2, 0) is 16.1 Å². The van der Waals surface area contributed by atoms with Crippen LogP contribution in [0.3, 0.4) is 0 Å². The fraction of sp³-hybridized carbons (Fsp3) is 0.200. The van der Waals surface area contributed by atoms with Crippen LogP contribution in [0.15, 0.2) is 65.8 Å². The molecule has 1 N–H and O–H groups in total. The van der Waals surface area contributed by atoms with Crippen molar-refractivity contribution in [2.24, 2.45) is 5.10 Å². The highest BCUT2D eigenvalue weighted by Gasteiger charge is 2.12. The van der Waals surface area contributed by atoms with Gasteiger partial charge in [-0.15, -0.1) is 10.2 Å². The van der Waals surface area contributed by atoms with E-state index in [1.165, 1.54) is 4.80 Å². The number of ether oxygens (including phenoxy) is 1. The molecule has 0 unspecified atom stereocenters. The van der Waals surface area contributed by atoms with Crippen molar-refractivity contribution in [1.29, 1.82) is 0 Å². The molecule has 0 aliphatic carbocycles. The Hall–Kier alpha value is -4.60. The highest BCUT2D eigenvalue weighted by Crippen LogP contribution is 2.20. The Balaban J connectivity index is 1.39. The summed E-state index contributed by atoms with van der Waals surface area (Å²) in [5.41, 5.74) is 7.50. The maximum absolute atomic E-state index is 12.3. The van der Waals surface area contributed by atoms with Crippen molar-refractivity contribution in [3.8, 4) is 17.1 Å². The first-order valence-electron chi connectivity index (χ1n) is 11.1. The standard InChI is InChI=1S/C25H25N7O3/c1-4-35-25(34)20-10-12-22(13-11-20)32-17(2)14-21(18(32)3)15-26-27-23(33)16-31-29-24(28-30-31)19-8-6-5-7-9-19/h5-15H,4,16H2,1-3H3,(H,27,33)/b26-15+. The molecule has 0 aliphatic heterocycles. The molecule has 178 valence electrons. The van der Waals surface area contributed by atoms with Gasteiger partial charge in [0.15, 0.2) is 0 Å². The van der Waals surface area contributed by atoms with Gasteiger partial charge < -0.3 is 9.30 Å². The number of esters is 1. The van der Waals surface area contributed by atoms with Crippen LogP contribution in [0.5, 0.6) is 0 Å². The Labute approximate surface area is 202 Å². The van der Waals surface area contributed by atoms with Crippen molar-refractivity contribution in [3.63, 3.8) is 0 Å². The lowest BCUT2D eigenvalue weighted by atomic mass is 10.2. The summed E-state index contributed by atoms with van der Waals surface area (Å²) in [6, 6.07) is 18.6. The van der Waals surface area contributed by atoms with Gasteiger partial charge in [0.25, 0.3) is 5.91 Å². The van der Waals surface area contributed by atoms with Gasteiger partial charge in [-0.2, -0.15) is 9.90 Å². The van der Waals surface area contributed by atoms with E-state index in [1.54, 1.807) is 25.3 Å². The van der Waals surface area contributed by atoms with Crippen LogP contribution in [0.1, 0.15) is 34.2 Å². The summed E-state index contributed by atoms with van der Waals surface area (Å²) in [5.74, 6) is -0.271. The third-order valence-corrected chi connectivity index (χ3v) is 5.27. The first-order valence-corrected chi connectivity index (χ1v) is 11.1. The van der Waals surface area contributed by atoms with E-state index in [1.807, 2.05) is 66.9 Å². The maximum Gasteiger partial charge on any atom is 0.338 e. The number of aryl methyl sites for hydroxylation is 1. The van der Waals surface area contributed by atoms with Gasteiger partial charge in [-0.25, -0.2) is 10.2 Å². The highest BCUT2D eigenvalue weighted by atomic mass is 16.5. The summed E-state index contributed by atoms with van der Waals surface area (Å²) in [6.07, 6.45) is 1.59. The van der Waals surface area contributed by atoms with E-state index < -0.39 is 0 Å². The number of nitrogens with zero attached hydrogens (tertiary/aromatic N) is 6. The summed E-state index contributed by atoms with van der Waals surface area (Å²) in [7, 11) is 0. The molecule has 2 aromatic carbocycles. The Kier molecular flexibility index (Phi) is 7.10. The molecule has 0 radical (unpaired) electrons. The van der Waals surface area contributed by atoms with Crippen molar-refractivity contribution in [1.82, 2.24) is 30.2 Å². The summed E-state index contributed by atoms with van der Waals surface area (Å²) < 4.78 is 7.08. The molecular formula is C25H25N7O3. The molecule has 0 spiro atoms. The van der Waals surface area contributed by atoms with Crippen LogP contribution in [0.2, 0.25) is 0 Å². The van der Waals surface area contributed by atoms with E-state index in [0.717, 1.165) is 28.2 Å². The second-order valence-corrected chi connectivity index (χ2v) is 7.73. The van der Waals surface area contributed by atoms with Crippen molar-refractivity contribution >= 4 is 18.1 Å². The largest absolute Gasteiger partial charge is 0.462 e. The van der Waals surface area contributed by atoms with E-state index in [0.29, 0.717) is 18.0 Å². The Morgan fingerprint density at radius 1 is 1.09 bits per heavy atom. The second-order valence-electron chi connectivity index (χ2n) is 7.73. The molecule has 0 saturated heterocycles. The fourth-order valence-corrected chi connectivity index (χ4v) is 3.63. The molecule has 0 fully saturated rings. The van der Waals surface area contributed by atoms with Crippen molar-refractivity contribution < 1.29 is 14.3 Å². The van der Waals surface area contributed by atoms with E-state index >= 15 is 0 Å². The second kappa shape index (κ2) is 10.6. The summed E-state index contributed by atoms with van der Waals surface area (Å²) >= 11 is 0. The number of hydrogen-bond donors (Lipinski definition) is 1. The molecule has 0 saturated carbocycles. The Morgan fingerprint density at radius 3 is 2.54 bits per heavy atom. The Bertz CT molecular complexity index is 1360. The SMILES string of the molecule is CCOC(=O)c1ccc(-n2c(C)cc(/C=N/NC(=O)Cn3nnc(-c4ccccc4)n3)c2C)cc1. The van der Waals surface area contributed by atoms with E-state index in [4.69, 9.17) is 4.74 Å². The number of nitrogens with one attached hydrogen (secondary N) is 1. The highest BCUT2D eigenvalue weighted by molar-refractivity contribution is 5.89. The topological polar surface area (TPSA) is 116 Å². The fourth-order valence-electron chi connectivity index (χ4n) is 3.63. The zero-order valence-electron chi connectivity index (χ0n) is 19.7. The number of carbonyl (C=O) groups excluding carboxylic acids is 2. The predicted octanol–water partition coefficient (Wildman–Crippen LogP) is 3.07. The van der Waals surface area contributed by atoms with Crippen molar-refractivity contribution in [3.05, 3.63) is 83.2 Å². The molecule has 10 heteroatoms. The van der Waals surface area contributed by atoms with E-state index in [2.05, 4.69) is 25.9 Å². The van der Waals surface area contributed by atoms with E-state index in [9.17, 15) is 9.59 Å². The molecule has 4 rings (SSSR count). The van der Waals surface area contributed by atoms with Gasteiger partial charge in [0, 0.05) is 28.2 Å². The molecule has 2 heterocycles. The number of tetrazole rings is 1. The number of benzene rings is 2. The molecule has 35 heavy (non-hydrogen) atoms. The molecule has 1 amide bonds. The maximum atomic E-state index is 12.3. The van der Waals surface area contributed by atoms with Crippen LogP contribution >= 0.6 is 0 Å². The van der Waals surface area contributed by atoms with Gasteiger partial charge in [0.1, 0.15) is 6.54 Å². The predicted molar refractivity (Wildman–Crippen MR) is 130 cm³/mol. The molecule has 2 aromatic heterocycles. The summed E-state index contributed by atoms with van der Waals surface area (Å²) in [4.78, 5) is 25.4. The van der Waals surface area contributed by atoms with Gasteiger partial charge in [0.05, 0.1) is 18.4 Å².